The van der Waals surface area contributed by atoms with E-state index in [9.17, 15) is 0 Å². The molecule has 1 N–H and O–H groups in total. The highest BCUT2D eigenvalue weighted by atomic mass is 32.2. The van der Waals surface area contributed by atoms with Crippen molar-refractivity contribution in [1.82, 2.24) is 10.2 Å². The molecule has 0 aromatic rings. The lowest BCUT2D eigenvalue weighted by atomic mass is 9.91. The molecule has 1 heterocycles. The van der Waals surface area contributed by atoms with Crippen molar-refractivity contribution in [3.63, 3.8) is 0 Å². The summed E-state index contributed by atoms with van der Waals surface area (Å²) >= 11 is 2.11. The van der Waals surface area contributed by atoms with Crippen molar-refractivity contribution < 1.29 is 0 Å². The molecule has 2 unspecified atom stereocenters. The molecule has 2 nitrogen and oxygen atoms in total. The van der Waals surface area contributed by atoms with Crippen LogP contribution in [0.4, 0.5) is 0 Å². The number of likely N-dealkylation sites (N-methyl/N-ethyl adjacent to an activating group) is 2. The lowest BCUT2D eigenvalue weighted by Gasteiger charge is -2.38. The molecular formula is C13H28N2S. The third-order valence-electron chi connectivity index (χ3n) is 4.02. The molecule has 0 saturated carbocycles. The van der Waals surface area contributed by atoms with E-state index in [-0.39, 0.29) is 0 Å². The molecule has 0 spiro atoms. The van der Waals surface area contributed by atoms with Gasteiger partial charge in [0.05, 0.1) is 0 Å². The zero-order valence-electron chi connectivity index (χ0n) is 11.3. The summed E-state index contributed by atoms with van der Waals surface area (Å²) in [5.74, 6) is 3.48. The van der Waals surface area contributed by atoms with Gasteiger partial charge in [0, 0.05) is 30.1 Å². The number of rotatable bonds is 6. The zero-order chi connectivity index (χ0) is 12.0. The van der Waals surface area contributed by atoms with Gasteiger partial charge in [0.25, 0.3) is 0 Å². The first-order valence-electron chi connectivity index (χ1n) is 6.68. The molecule has 96 valence electrons. The molecule has 0 aromatic heterocycles. The Labute approximate surface area is 106 Å². The summed E-state index contributed by atoms with van der Waals surface area (Å²) in [7, 11) is 4.40. The second-order valence-electron chi connectivity index (χ2n) is 4.94. The highest BCUT2D eigenvalue weighted by Gasteiger charge is 2.28. The summed E-state index contributed by atoms with van der Waals surface area (Å²) in [6, 6.07) is 1.40. The molecular weight excluding hydrogens is 216 g/mol. The Morgan fingerprint density at radius 2 is 2.06 bits per heavy atom. The molecule has 16 heavy (non-hydrogen) atoms. The highest BCUT2D eigenvalue weighted by Crippen LogP contribution is 2.23. The van der Waals surface area contributed by atoms with Crippen molar-refractivity contribution >= 4 is 11.8 Å². The van der Waals surface area contributed by atoms with Crippen LogP contribution in [0, 0.1) is 5.92 Å². The van der Waals surface area contributed by atoms with Crippen LogP contribution >= 0.6 is 11.8 Å². The summed E-state index contributed by atoms with van der Waals surface area (Å²) in [5.41, 5.74) is 0. The first kappa shape index (κ1) is 14.3. The van der Waals surface area contributed by atoms with Gasteiger partial charge in [-0.3, -0.25) is 0 Å². The van der Waals surface area contributed by atoms with E-state index >= 15 is 0 Å². The fourth-order valence-electron chi connectivity index (χ4n) is 2.58. The average molecular weight is 244 g/mol. The Hall–Kier alpha value is 0.270. The van der Waals surface area contributed by atoms with Crippen LogP contribution in [0.5, 0.6) is 0 Å². The predicted octanol–water partition coefficient (Wildman–Crippen LogP) is 2.45. The Bertz CT molecular complexity index is 183. The van der Waals surface area contributed by atoms with Crippen LogP contribution < -0.4 is 5.32 Å². The van der Waals surface area contributed by atoms with E-state index in [4.69, 9.17) is 0 Å². The summed E-state index contributed by atoms with van der Waals surface area (Å²) in [6.45, 7) is 5.89. The Kier molecular flexibility index (Phi) is 6.78. The molecule has 0 amide bonds. The molecule has 1 rings (SSSR count). The molecule has 1 saturated heterocycles. The monoisotopic (exact) mass is 244 g/mol. The first-order valence-corrected chi connectivity index (χ1v) is 7.83. The van der Waals surface area contributed by atoms with Gasteiger partial charge < -0.3 is 10.2 Å². The zero-order valence-corrected chi connectivity index (χ0v) is 12.1. The van der Waals surface area contributed by atoms with E-state index < -0.39 is 0 Å². The number of nitrogens with zero attached hydrogens (tertiary/aromatic N) is 1. The van der Waals surface area contributed by atoms with Gasteiger partial charge in [0.2, 0.25) is 0 Å². The van der Waals surface area contributed by atoms with E-state index in [2.05, 4.69) is 49.9 Å². The Morgan fingerprint density at radius 1 is 1.38 bits per heavy atom. The van der Waals surface area contributed by atoms with Gasteiger partial charge in [-0.2, -0.15) is 11.8 Å². The van der Waals surface area contributed by atoms with Crippen LogP contribution in [0.25, 0.3) is 0 Å². The van der Waals surface area contributed by atoms with Gasteiger partial charge in [-0.15, -0.1) is 0 Å². The van der Waals surface area contributed by atoms with Crippen molar-refractivity contribution in [3.8, 4) is 0 Å². The lowest BCUT2D eigenvalue weighted by Crippen LogP contribution is -2.52. The third-order valence-corrected chi connectivity index (χ3v) is 5.07. The molecule has 3 heteroatoms. The van der Waals surface area contributed by atoms with E-state index in [1.54, 1.807) is 0 Å². The quantitative estimate of drug-likeness (QED) is 0.772. The predicted molar refractivity (Wildman–Crippen MR) is 75.3 cm³/mol. The van der Waals surface area contributed by atoms with Crippen LogP contribution in [0.2, 0.25) is 0 Å². The Morgan fingerprint density at radius 3 is 2.56 bits per heavy atom. The fourth-order valence-corrected chi connectivity index (χ4v) is 3.89. The minimum atomic E-state index is 0.669. The van der Waals surface area contributed by atoms with E-state index in [1.165, 1.54) is 37.3 Å². The second kappa shape index (κ2) is 7.57. The molecule has 0 bridgehead atoms. The number of hydrogen-bond acceptors (Lipinski definition) is 3. The van der Waals surface area contributed by atoms with Crippen molar-refractivity contribution in [3.05, 3.63) is 0 Å². The van der Waals surface area contributed by atoms with Crippen molar-refractivity contribution in [2.45, 2.75) is 45.2 Å². The standard InChI is InChI=1S/C13H28N2S/c1-5-11(6-2)9-12(14-3)13-10-16-8-7-15(13)4/h11-14H,5-10H2,1-4H3. The summed E-state index contributed by atoms with van der Waals surface area (Å²) in [5, 5.41) is 3.55. The van der Waals surface area contributed by atoms with Gasteiger partial charge in [-0.05, 0) is 26.4 Å². The van der Waals surface area contributed by atoms with Crippen LogP contribution in [-0.4, -0.2) is 49.1 Å². The molecule has 2 atom stereocenters. The second-order valence-corrected chi connectivity index (χ2v) is 6.09. The van der Waals surface area contributed by atoms with Gasteiger partial charge in [-0.1, -0.05) is 26.7 Å². The maximum atomic E-state index is 3.55. The summed E-state index contributed by atoms with van der Waals surface area (Å²) in [4.78, 5) is 2.54. The molecule has 1 aliphatic heterocycles. The normalized spacial score (nSPS) is 24.9. The average Bonchev–Trinajstić information content (AvgIpc) is 2.32. The SMILES string of the molecule is CCC(CC)CC(NC)C1CSCCN1C. The summed E-state index contributed by atoms with van der Waals surface area (Å²) in [6.07, 6.45) is 3.97. The van der Waals surface area contributed by atoms with Gasteiger partial charge >= 0.3 is 0 Å². The molecule has 1 aliphatic rings. The van der Waals surface area contributed by atoms with Crippen LogP contribution in [-0.2, 0) is 0 Å². The minimum absolute atomic E-state index is 0.669. The maximum absolute atomic E-state index is 3.55. The molecule has 0 radical (unpaired) electrons. The topological polar surface area (TPSA) is 15.3 Å². The van der Waals surface area contributed by atoms with Crippen molar-refractivity contribution in [2.24, 2.45) is 5.92 Å². The molecule has 0 aliphatic carbocycles. The van der Waals surface area contributed by atoms with Crippen molar-refractivity contribution in [1.29, 1.82) is 0 Å². The van der Waals surface area contributed by atoms with Gasteiger partial charge in [0.15, 0.2) is 0 Å². The maximum Gasteiger partial charge on any atom is 0.0337 e. The molecule has 0 aromatic carbocycles. The number of thioether (sulfide) groups is 1. The van der Waals surface area contributed by atoms with E-state index in [0.717, 1.165) is 12.0 Å². The van der Waals surface area contributed by atoms with Crippen LogP contribution in [0.15, 0.2) is 0 Å². The van der Waals surface area contributed by atoms with Crippen LogP contribution in [0.3, 0.4) is 0 Å². The minimum Gasteiger partial charge on any atom is -0.315 e. The molecule has 1 fully saturated rings. The van der Waals surface area contributed by atoms with E-state index in [0.29, 0.717) is 6.04 Å². The number of nitrogens with one attached hydrogen (secondary N) is 1. The highest BCUT2D eigenvalue weighted by molar-refractivity contribution is 7.99. The summed E-state index contributed by atoms with van der Waals surface area (Å²) < 4.78 is 0. The van der Waals surface area contributed by atoms with Crippen LogP contribution in [0.1, 0.15) is 33.1 Å². The number of hydrogen-bond donors (Lipinski definition) is 1. The third kappa shape index (κ3) is 3.94. The first-order chi connectivity index (χ1) is 7.72. The van der Waals surface area contributed by atoms with E-state index in [1.807, 2.05) is 0 Å². The fraction of sp³-hybridized carbons (Fsp3) is 1.00. The lowest BCUT2D eigenvalue weighted by molar-refractivity contribution is 0.197. The van der Waals surface area contributed by atoms with Gasteiger partial charge in [-0.25, -0.2) is 0 Å². The van der Waals surface area contributed by atoms with Gasteiger partial charge in [0.1, 0.15) is 0 Å². The van der Waals surface area contributed by atoms with Crippen molar-refractivity contribution in [2.75, 3.05) is 32.1 Å². The largest absolute Gasteiger partial charge is 0.315 e. The Balaban J connectivity index is 2.51. The smallest absolute Gasteiger partial charge is 0.0337 e.